The van der Waals surface area contributed by atoms with E-state index in [9.17, 15) is 24.3 Å². The zero-order valence-corrected chi connectivity index (χ0v) is 36.1. The first-order valence-corrected chi connectivity index (χ1v) is 22.2. The molecule has 2 heterocycles. The van der Waals surface area contributed by atoms with E-state index in [-0.39, 0.29) is 36.2 Å². The molecule has 6 atom stereocenters. The lowest BCUT2D eigenvalue weighted by Gasteiger charge is -2.36. The molecule has 0 spiro atoms. The van der Waals surface area contributed by atoms with Crippen molar-refractivity contribution in [1.82, 2.24) is 0 Å². The highest BCUT2D eigenvalue weighted by molar-refractivity contribution is 6.09. The van der Waals surface area contributed by atoms with Gasteiger partial charge in [0.2, 0.25) is 0 Å². The lowest BCUT2D eigenvalue weighted by molar-refractivity contribution is -0.146. The average Bonchev–Trinajstić information content (AvgIpc) is 4.06. The third-order valence-electron chi connectivity index (χ3n) is 13.3. The maximum Gasteiger partial charge on any atom is 0.345 e. The Kier molecular flexibility index (Phi) is 11.4. The summed E-state index contributed by atoms with van der Waals surface area (Å²) < 4.78 is 17.4. The Morgan fingerprint density at radius 2 is 1.26 bits per heavy atom. The van der Waals surface area contributed by atoms with Crippen LogP contribution in [0.1, 0.15) is 62.1 Å². The Balaban J connectivity index is 0.865. The fourth-order valence-corrected chi connectivity index (χ4v) is 10.1. The van der Waals surface area contributed by atoms with Crippen molar-refractivity contribution in [3.05, 3.63) is 186 Å². The van der Waals surface area contributed by atoms with Gasteiger partial charge in [0, 0.05) is 35.8 Å². The van der Waals surface area contributed by atoms with E-state index in [1.54, 1.807) is 31.4 Å². The van der Waals surface area contributed by atoms with E-state index in [0.717, 1.165) is 38.9 Å². The van der Waals surface area contributed by atoms with Crippen LogP contribution >= 0.6 is 0 Å². The van der Waals surface area contributed by atoms with Gasteiger partial charge >= 0.3 is 17.9 Å². The standard InChI is InChI=1S/C55H47N3O8/c1-64-37-24-21-34(22-25-37)39-28-23-36(56-52(59)46-17-7-13-42-40-11-5-15-44(40)50(53(60)61)57-48(42)46)31-35(39)29-30-65-55(63)51-45-16-6-12-41(45)43-14-8-18-47(49(43)58-51)54(62)66-38-26-19-33(20-27-38)32-9-3-2-4-10-32/h2-14,17-28,31,40-41,44-45,50-51,57-58H,15-16,29-30H2,1H3,(H,56,59)(H,60,61). The molecule has 0 radical (unpaired) electrons. The first-order valence-electron chi connectivity index (χ1n) is 22.2. The molecule has 6 aromatic rings. The molecule has 4 N–H and O–H groups in total. The van der Waals surface area contributed by atoms with Gasteiger partial charge in [-0.25, -0.2) is 14.4 Å². The number of anilines is 3. The van der Waals surface area contributed by atoms with Gasteiger partial charge in [-0.1, -0.05) is 109 Å². The number of rotatable bonds is 12. The molecule has 0 aromatic heterocycles. The van der Waals surface area contributed by atoms with Crippen LogP contribution in [-0.4, -0.2) is 54.7 Å². The molecule has 0 fully saturated rings. The number of benzene rings is 6. The number of amides is 1. The third-order valence-corrected chi connectivity index (χ3v) is 13.3. The van der Waals surface area contributed by atoms with Crippen LogP contribution in [0.2, 0.25) is 0 Å². The van der Waals surface area contributed by atoms with Crippen LogP contribution in [0.15, 0.2) is 158 Å². The Morgan fingerprint density at radius 3 is 1.94 bits per heavy atom. The second-order valence-corrected chi connectivity index (χ2v) is 17.1. The molecule has 10 rings (SSSR count). The zero-order valence-electron chi connectivity index (χ0n) is 36.1. The van der Waals surface area contributed by atoms with Crippen LogP contribution in [-0.2, 0) is 20.7 Å². The van der Waals surface area contributed by atoms with Crippen molar-refractivity contribution in [1.29, 1.82) is 0 Å². The molecular formula is C55H47N3O8. The highest BCUT2D eigenvalue weighted by Crippen LogP contribution is 2.47. The summed E-state index contributed by atoms with van der Waals surface area (Å²) in [5.74, 6) is -1.65. The number of hydrogen-bond donors (Lipinski definition) is 4. The third kappa shape index (κ3) is 8.08. The summed E-state index contributed by atoms with van der Waals surface area (Å²) in [5.41, 5.74) is 8.77. The van der Waals surface area contributed by atoms with Gasteiger partial charge < -0.3 is 35.3 Å². The van der Waals surface area contributed by atoms with Crippen LogP contribution in [0.25, 0.3) is 22.3 Å². The average molecular weight is 878 g/mol. The molecule has 0 saturated heterocycles. The normalized spacial score (nSPS) is 20.6. The monoisotopic (exact) mass is 877 g/mol. The smallest absolute Gasteiger partial charge is 0.345 e. The number of carbonyl (C=O) groups excluding carboxylic acids is 3. The van der Waals surface area contributed by atoms with E-state index in [4.69, 9.17) is 14.2 Å². The SMILES string of the molecule is COc1ccc(-c2ccc(NC(=O)c3cccc4c3NC(C(=O)O)C3CC=CC43)cc2CCOC(=O)C2Nc3c(C(=O)Oc4ccc(-c5ccccc5)cc4)cccc3C3C=CCC23)cc1. The van der Waals surface area contributed by atoms with Crippen molar-refractivity contribution < 1.29 is 38.5 Å². The zero-order chi connectivity index (χ0) is 45.3. The number of esters is 2. The summed E-state index contributed by atoms with van der Waals surface area (Å²) in [6.07, 6.45) is 9.84. The van der Waals surface area contributed by atoms with E-state index < -0.39 is 30.0 Å². The predicted octanol–water partition coefficient (Wildman–Crippen LogP) is 10.3. The lowest BCUT2D eigenvalue weighted by atomic mass is 9.78. The summed E-state index contributed by atoms with van der Waals surface area (Å²) in [4.78, 5) is 54.3. The molecule has 2 aliphatic heterocycles. The molecule has 6 unspecified atom stereocenters. The minimum absolute atomic E-state index is 0.0423. The molecule has 0 saturated carbocycles. The number of fused-ring (bicyclic) bond motifs is 6. The van der Waals surface area contributed by atoms with E-state index in [0.29, 0.717) is 59.0 Å². The Bertz CT molecular complexity index is 2910. The Hall–Kier alpha value is -7.92. The van der Waals surface area contributed by atoms with Gasteiger partial charge in [0.25, 0.3) is 5.91 Å². The number of carboxylic acids is 1. The molecule has 1 amide bonds. The van der Waals surface area contributed by atoms with Crippen LogP contribution in [0.4, 0.5) is 17.1 Å². The van der Waals surface area contributed by atoms with Crippen molar-refractivity contribution in [2.75, 3.05) is 29.7 Å². The maximum atomic E-state index is 14.2. The number of ether oxygens (including phenoxy) is 3. The van der Waals surface area contributed by atoms with Gasteiger partial charge in [0.1, 0.15) is 23.6 Å². The Labute approximate surface area is 382 Å². The Morgan fingerprint density at radius 1 is 0.652 bits per heavy atom. The van der Waals surface area contributed by atoms with Crippen molar-refractivity contribution in [3.63, 3.8) is 0 Å². The maximum absolute atomic E-state index is 14.2. The molecule has 330 valence electrons. The number of nitrogens with one attached hydrogen (secondary N) is 3. The van der Waals surface area contributed by atoms with Gasteiger partial charge in [-0.2, -0.15) is 0 Å². The second-order valence-electron chi connectivity index (χ2n) is 17.1. The highest BCUT2D eigenvalue weighted by Gasteiger charge is 2.44. The molecule has 0 bridgehead atoms. The van der Waals surface area contributed by atoms with E-state index in [2.05, 4.69) is 28.1 Å². The summed E-state index contributed by atoms with van der Waals surface area (Å²) in [6.45, 7) is 0.0423. The van der Waals surface area contributed by atoms with Crippen molar-refractivity contribution in [3.8, 4) is 33.8 Å². The number of carboxylic acid groups (broad SMARTS) is 1. The first kappa shape index (κ1) is 42.1. The number of hydrogen-bond acceptors (Lipinski definition) is 9. The van der Waals surface area contributed by atoms with E-state index in [1.165, 1.54) is 0 Å². The van der Waals surface area contributed by atoms with Crippen LogP contribution < -0.4 is 25.4 Å². The summed E-state index contributed by atoms with van der Waals surface area (Å²) in [7, 11) is 1.61. The predicted molar refractivity (Wildman–Crippen MR) is 253 cm³/mol. The van der Waals surface area contributed by atoms with Crippen LogP contribution in [0, 0.1) is 11.8 Å². The van der Waals surface area contributed by atoms with Crippen molar-refractivity contribution in [2.24, 2.45) is 11.8 Å². The van der Waals surface area contributed by atoms with Gasteiger partial charge in [-0.3, -0.25) is 4.79 Å². The lowest BCUT2D eigenvalue weighted by Crippen LogP contribution is -2.43. The minimum atomic E-state index is -0.954. The molecule has 4 aliphatic rings. The van der Waals surface area contributed by atoms with Gasteiger partial charge in [0.05, 0.1) is 36.2 Å². The summed E-state index contributed by atoms with van der Waals surface area (Å²) in [6, 6.07) is 40.0. The molecule has 11 nitrogen and oxygen atoms in total. The van der Waals surface area contributed by atoms with E-state index >= 15 is 0 Å². The largest absolute Gasteiger partial charge is 0.497 e. The summed E-state index contributed by atoms with van der Waals surface area (Å²) in [5, 5.41) is 19.7. The quantitative estimate of drug-likeness (QED) is 0.0531. The molecule has 2 aliphatic carbocycles. The summed E-state index contributed by atoms with van der Waals surface area (Å²) >= 11 is 0. The number of carbonyl (C=O) groups is 4. The number of para-hydroxylation sites is 2. The topological polar surface area (TPSA) is 152 Å². The van der Waals surface area contributed by atoms with Crippen molar-refractivity contribution in [2.45, 2.75) is 43.2 Å². The van der Waals surface area contributed by atoms with Crippen molar-refractivity contribution >= 4 is 40.9 Å². The van der Waals surface area contributed by atoms with Gasteiger partial charge in [-0.05, 0) is 100 Å². The fourth-order valence-electron chi connectivity index (χ4n) is 10.1. The van der Waals surface area contributed by atoms with Crippen LogP contribution in [0.3, 0.4) is 0 Å². The number of aliphatic carboxylic acids is 1. The fraction of sp³-hybridized carbons (Fsp3) is 0.200. The molecular weight excluding hydrogens is 831 g/mol. The van der Waals surface area contributed by atoms with E-state index in [1.807, 2.05) is 121 Å². The number of allylic oxidation sites excluding steroid dienone is 4. The number of methoxy groups -OCH3 is 1. The molecule has 6 aromatic carbocycles. The van der Waals surface area contributed by atoms with Gasteiger partial charge in [-0.15, -0.1) is 0 Å². The second kappa shape index (κ2) is 17.9. The molecule has 66 heavy (non-hydrogen) atoms. The highest BCUT2D eigenvalue weighted by atomic mass is 16.5. The minimum Gasteiger partial charge on any atom is -0.497 e. The van der Waals surface area contributed by atoms with Gasteiger partial charge in [0.15, 0.2) is 0 Å². The van der Waals surface area contributed by atoms with Crippen LogP contribution in [0.5, 0.6) is 11.5 Å². The first-order chi connectivity index (χ1) is 32.2. The molecule has 11 heteroatoms.